The van der Waals surface area contributed by atoms with Gasteiger partial charge in [0.05, 0.1) is 18.9 Å². The molecule has 2 aromatic heterocycles. The number of rotatable bonds is 5. The van der Waals surface area contributed by atoms with Gasteiger partial charge in [-0.25, -0.2) is 4.98 Å². The van der Waals surface area contributed by atoms with E-state index in [0.717, 1.165) is 38.6 Å². The molecule has 3 heterocycles. The van der Waals surface area contributed by atoms with Gasteiger partial charge in [-0.1, -0.05) is 26.8 Å². The van der Waals surface area contributed by atoms with E-state index in [1.807, 2.05) is 12.4 Å². The van der Waals surface area contributed by atoms with Gasteiger partial charge in [0.25, 0.3) is 0 Å². The van der Waals surface area contributed by atoms with Crippen molar-refractivity contribution in [1.82, 2.24) is 20.5 Å². The van der Waals surface area contributed by atoms with E-state index >= 15 is 0 Å². The Bertz CT molecular complexity index is 674. The molecule has 0 bridgehead atoms. The van der Waals surface area contributed by atoms with Crippen LogP contribution in [-0.4, -0.2) is 41.0 Å². The molecule has 1 aliphatic heterocycles. The number of anilines is 1. The second-order valence-corrected chi connectivity index (χ2v) is 7.78. The largest absolute Gasteiger partial charge is 0.375 e. The first-order valence-electron chi connectivity index (χ1n) is 8.98. The number of morpholine rings is 1. The quantitative estimate of drug-likeness (QED) is 0.874. The van der Waals surface area contributed by atoms with Crippen molar-refractivity contribution < 1.29 is 4.74 Å². The number of pyridine rings is 1. The Balaban J connectivity index is 1.53. The predicted molar refractivity (Wildman–Crippen MR) is 99.7 cm³/mol. The Morgan fingerprint density at radius 3 is 2.80 bits per heavy atom. The van der Waals surface area contributed by atoms with Crippen molar-refractivity contribution in [3.63, 3.8) is 0 Å². The van der Waals surface area contributed by atoms with E-state index in [1.165, 1.54) is 16.8 Å². The second kappa shape index (κ2) is 7.54. The van der Waals surface area contributed by atoms with E-state index in [9.17, 15) is 0 Å². The van der Waals surface area contributed by atoms with Crippen LogP contribution >= 0.6 is 0 Å². The van der Waals surface area contributed by atoms with Crippen molar-refractivity contribution in [3.05, 3.63) is 41.3 Å². The molecule has 0 radical (unpaired) electrons. The maximum atomic E-state index is 5.59. The zero-order valence-corrected chi connectivity index (χ0v) is 15.7. The van der Waals surface area contributed by atoms with Crippen LogP contribution < -0.4 is 10.2 Å². The van der Waals surface area contributed by atoms with Crippen LogP contribution in [0.25, 0.3) is 0 Å². The standard InChI is InChI=1S/C19H29N5O/c1-14-13-24(7-8-25-14)17-6-5-15(10-21-17)9-20-11-16-12-22-23-18(16)19(2,3)4/h5-6,10,12,14,20H,7-9,11,13H2,1-4H3,(H,22,23)/t14-/m1/s1. The molecule has 1 atom stereocenters. The molecule has 0 unspecified atom stereocenters. The van der Waals surface area contributed by atoms with Gasteiger partial charge in [0.15, 0.2) is 0 Å². The molecule has 1 fully saturated rings. The van der Waals surface area contributed by atoms with Gasteiger partial charge in [-0.15, -0.1) is 0 Å². The van der Waals surface area contributed by atoms with Crippen LogP contribution in [0.5, 0.6) is 0 Å². The summed E-state index contributed by atoms with van der Waals surface area (Å²) >= 11 is 0. The summed E-state index contributed by atoms with van der Waals surface area (Å²) in [7, 11) is 0. The molecule has 0 aromatic carbocycles. The first-order chi connectivity index (χ1) is 11.9. The minimum atomic E-state index is 0.0754. The monoisotopic (exact) mass is 343 g/mol. The third-order valence-corrected chi connectivity index (χ3v) is 4.49. The lowest BCUT2D eigenvalue weighted by Crippen LogP contribution is -2.41. The minimum absolute atomic E-state index is 0.0754. The fraction of sp³-hybridized carbons (Fsp3) is 0.579. The third-order valence-electron chi connectivity index (χ3n) is 4.49. The summed E-state index contributed by atoms with van der Waals surface area (Å²) in [6.45, 7) is 12.9. The molecule has 2 aromatic rings. The number of ether oxygens (including phenoxy) is 1. The highest BCUT2D eigenvalue weighted by atomic mass is 16.5. The lowest BCUT2D eigenvalue weighted by Gasteiger charge is -2.32. The Labute approximate surface area is 150 Å². The average molecular weight is 343 g/mol. The third kappa shape index (κ3) is 4.58. The van der Waals surface area contributed by atoms with Crippen molar-refractivity contribution >= 4 is 5.82 Å². The molecule has 1 aliphatic rings. The molecule has 0 spiro atoms. The van der Waals surface area contributed by atoms with Gasteiger partial charge in [-0.2, -0.15) is 5.10 Å². The van der Waals surface area contributed by atoms with E-state index in [2.05, 4.69) is 65.2 Å². The van der Waals surface area contributed by atoms with E-state index in [1.54, 1.807) is 0 Å². The van der Waals surface area contributed by atoms with Gasteiger partial charge in [-0.3, -0.25) is 5.10 Å². The normalized spacial score (nSPS) is 18.6. The highest BCUT2D eigenvalue weighted by Gasteiger charge is 2.20. The van der Waals surface area contributed by atoms with Crippen LogP contribution in [-0.2, 0) is 23.2 Å². The number of nitrogens with one attached hydrogen (secondary N) is 2. The maximum Gasteiger partial charge on any atom is 0.128 e. The summed E-state index contributed by atoms with van der Waals surface area (Å²) in [4.78, 5) is 6.91. The van der Waals surface area contributed by atoms with Crippen molar-refractivity contribution in [1.29, 1.82) is 0 Å². The van der Waals surface area contributed by atoms with Crippen LogP contribution in [0, 0.1) is 0 Å². The fourth-order valence-electron chi connectivity index (χ4n) is 3.17. The number of hydrogen-bond donors (Lipinski definition) is 2. The molecular formula is C19H29N5O. The van der Waals surface area contributed by atoms with E-state index in [0.29, 0.717) is 0 Å². The van der Waals surface area contributed by atoms with Crippen LogP contribution in [0.2, 0.25) is 0 Å². The number of H-pyrrole nitrogens is 1. The molecule has 25 heavy (non-hydrogen) atoms. The molecule has 1 saturated heterocycles. The molecule has 6 heteroatoms. The lowest BCUT2D eigenvalue weighted by atomic mass is 9.89. The van der Waals surface area contributed by atoms with Crippen LogP contribution in [0.4, 0.5) is 5.82 Å². The Hall–Kier alpha value is -1.92. The van der Waals surface area contributed by atoms with Crippen molar-refractivity contribution in [2.45, 2.75) is 52.3 Å². The fourth-order valence-corrected chi connectivity index (χ4v) is 3.17. The molecule has 3 rings (SSSR count). The van der Waals surface area contributed by atoms with Gasteiger partial charge in [0.1, 0.15) is 5.82 Å². The van der Waals surface area contributed by atoms with E-state index in [4.69, 9.17) is 4.74 Å². The van der Waals surface area contributed by atoms with Gasteiger partial charge in [0.2, 0.25) is 0 Å². The SMILES string of the molecule is C[C@@H]1CN(c2ccc(CNCc3cn[nH]c3C(C)(C)C)cn2)CCO1. The number of aromatic nitrogens is 3. The van der Waals surface area contributed by atoms with Crippen molar-refractivity contribution in [2.75, 3.05) is 24.6 Å². The Morgan fingerprint density at radius 2 is 2.12 bits per heavy atom. The summed E-state index contributed by atoms with van der Waals surface area (Å²) in [5.41, 5.74) is 3.67. The van der Waals surface area contributed by atoms with E-state index < -0.39 is 0 Å². The van der Waals surface area contributed by atoms with Gasteiger partial charge < -0.3 is 15.0 Å². The van der Waals surface area contributed by atoms with Crippen LogP contribution in [0.3, 0.4) is 0 Å². The van der Waals surface area contributed by atoms with Crippen molar-refractivity contribution in [2.24, 2.45) is 0 Å². The lowest BCUT2D eigenvalue weighted by molar-refractivity contribution is 0.0529. The Morgan fingerprint density at radius 1 is 1.28 bits per heavy atom. The second-order valence-electron chi connectivity index (χ2n) is 7.78. The van der Waals surface area contributed by atoms with E-state index in [-0.39, 0.29) is 11.5 Å². The number of aromatic amines is 1. The minimum Gasteiger partial charge on any atom is -0.375 e. The zero-order valence-electron chi connectivity index (χ0n) is 15.7. The molecule has 136 valence electrons. The maximum absolute atomic E-state index is 5.59. The van der Waals surface area contributed by atoms with Crippen molar-refractivity contribution in [3.8, 4) is 0 Å². The summed E-state index contributed by atoms with van der Waals surface area (Å²) < 4.78 is 5.59. The highest BCUT2D eigenvalue weighted by Crippen LogP contribution is 2.23. The molecule has 6 nitrogen and oxygen atoms in total. The summed E-state index contributed by atoms with van der Waals surface area (Å²) in [5.74, 6) is 1.03. The van der Waals surface area contributed by atoms with Gasteiger partial charge in [0, 0.05) is 49.0 Å². The first-order valence-corrected chi connectivity index (χ1v) is 8.98. The zero-order chi connectivity index (χ0) is 17.9. The molecule has 2 N–H and O–H groups in total. The van der Waals surface area contributed by atoms with Gasteiger partial charge in [-0.05, 0) is 18.6 Å². The number of nitrogens with zero attached hydrogens (tertiary/aromatic N) is 3. The predicted octanol–water partition coefficient (Wildman–Crippen LogP) is 2.62. The van der Waals surface area contributed by atoms with Crippen LogP contribution in [0.15, 0.2) is 24.5 Å². The summed E-state index contributed by atoms with van der Waals surface area (Å²) in [5, 5.41) is 10.8. The number of hydrogen-bond acceptors (Lipinski definition) is 5. The molecule has 0 saturated carbocycles. The topological polar surface area (TPSA) is 66.1 Å². The Kier molecular flexibility index (Phi) is 5.39. The van der Waals surface area contributed by atoms with Gasteiger partial charge >= 0.3 is 0 Å². The first kappa shape index (κ1) is 17.9. The molecular weight excluding hydrogens is 314 g/mol. The average Bonchev–Trinajstić information content (AvgIpc) is 3.04. The smallest absolute Gasteiger partial charge is 0.128 e. The summed E-state index contributed by atoms with van der Waals surface area (Å²) in [6.07, 6.45) is 4.14. The highest BCUT2D eigenvalue weighted by molar-refractivity contribution is 5.40. The molecule has 0 aliphatic carbocycles. The summed E-state index contributed by atoms with van der Waals surface area (Å²) in [6, 6.07) is 4.25. The molecule has 0 amide bonds. The van der Waals surface area contributed by atoms with Crippen LogP contribution in [0.1, 0.15) is 44.5 Å².